The van der Waals surface area contributed by atoms with Crippen LogP contribution in [0.1, 0.15) is 116 Å². The number of halogens is 3. The third-order valence-corrected chi connectivity index (χ3v) is 7.81. The van der Waals surface area contributed by atoms with Crippen LogP contribution < -0.4 is 0 Å². The lowest BCUT2D eigenvalue weighted by Gasteiger charge is -2.07. The number of unbranched alkanes of at least 4 members (excludes halogenated alkanes) is 16. The molecule has 172 valence electrons. The van der Waals surface area contributed by atoms with Gasteiger partial charge >= 0.3 is 12.0 Å². The first-order valence-electron chi connectivity index (χ1n) is 11.7. The molecular formula is C23H43Cl3O2Si. The van der Waals surface area contributed by atoms with E-state index in [0.717, 1.165) is 25.3 Å². The molecule has 0 aliphatic carbocycles. The van der Waals surface area contributed by atoms with Crippen LogP contribution in [-0.4, -0.2) is 18.6 Å². The number of carbonyl (C=O) groups excluding carboxylic acids is 1. The summed E-state index contributed by atoms with van der Waals surface area (Å²) in [5, 5.41) is 0. The molecule has 0 aromatic heterocycles. The summed E-state index contributed by atoms with van der Waals surface area (Å²) in [5.74, 6) is -0.264. The SMILES string of the molecule is C=C(C)C(=O)OCCCCCCCCCCCCCCCCCCC[Si](Cl)(Cl)Cl. The molecule has 0 unspecified atom stereocenters. The van der Waals surface area contributed by atoms with Crippen molar-refractivity contribution in [2.24, 2.45) is 0 Å². The average Bonchev–Trinajstić information content (AvgIpc) is 2.65. The topological polar surface area (TPSA) is 26.3 Å². The van der Waals surface area contributed by atoms with Gasteiger partial charge in [-0.15, -0.1) is 33.2 Å². The van der Waals surface area contributed by atoms with Crippen LogP contribution in [-0.2, 0) is 9.53 Å². The zero-order chi connectivity index (χ0) is 21.8. The van der Waals surface area contributed by atoms with E-state index >= 15 is 0 Å². The highest BCUT2D eigenvalue weighted by molar-refractivity contribution is 7.64. The Balaban J connectivity index is 3.10. The maximum absolute atomic E-state index is 11.2. The Morgan fingerprint density at radius 2 is 0.966 bits per heavy atom. The molecule has 0 aliphatic rings. The van der Waals surface area contributed by atoms with Crippen LogP contribution in [0.2, 0.25) is 6.04 Å². The van der Waals surface area contributed by atoms with E-state index in [1.54, 1.807) is 6.92 Å². The Morgan fingerprint density at radius 3 is 1.28 bits per heavy atom. The Morgan fingerprint density at radius 1 is 0.655 bits per heavy atom. The Hall–Kier alpha value is 0.297. The van der Waals surface area contributed by atoms with E-state index < -0.39 is 6.00 Å². The fraction of sp³-hybridized carbons (Fsp3) is 0.870. The molecule has 0 atom stereocenters. The van der Waals surface area contributed by atoms with Gasteiger partial charge < -0.3 is 4.74 Å². The average molecular weight is 486 g/mol. The van der Waals surface area contributed by atoms with Gasteiger partial charge in [0.05, 0.1) is 6.61 Å². The molecule has 0 saturated carbocycles. The molecule has 0 heterocycles. The van der Waals surface area contributed by atoms with E-state index in [-0.39, 0.29) is 5.97 Å². The van der Waals surface area contributed by atoms with Gasteiger partial charge in [0.2, 0.25) is 0 Å². The van der Waals surface area contributed by atoms with Gasteiger partial charge in [-0.2, -0.15) is 0 Å². The predicted octanol–water partition coefficient (Wildman–Crippen LogP) is 9.39. The molecule has 0 saturated heterocycles. The largest absolute Gasteiger partial charge is 0.462 e. The van der Waals surface area contributed by atoms with Crippen molar-refractivity contribution >= 4 is 45.2 Å². The lowest BCUT2D eigenvalue weighted by atomic mass is 10.0. The molecule has 0 radical (unpaired) electrons. The first-order chi connectivity index (χ1) is 13.8. The van der Waals surface area contributed by atoms with Gasteiger partial charge in [0.25, 0.3) is 0 Å². The summed E-state index contributed by atoms with van der Waals surface area (Å²) in [4.78, 5) is 11.2. The van der Waals surface area contributed by atoms with Crippen molar-refractivity contribution in [1.29, 1.82) is 0 Å². The first kappa shape index (κ1) is 29.3. The fourth-order valence-corrected chi connectivity index (χ4v) is 5.22. The minimum atomic E-state index is -2.38. The van der Waals surface area contributed by atoms with Gasteiger partial charge in [-0.1, -0.05) is 109 Å². The summed E-state index contributed by atoms with van der Waals surface area (Å²) >= 11 is 17.7. The summed E-state index contributed by atoms with van der Waals surface area (Å²) in [6.45, 7) is 5.79. The Labute approximate surface area is 195 Å². The van der Waals surface area contributed by atoms with Crippen LogP contribution in [0.5, 0.6) is 0 Å². The second kappa shape index (κ2) is 20.2. The third kappa shape index (κ3) is 24.4. The zero-order valence-corrected chi connectivity index (χ0v) is 21.9. The van der Waals surface area contributed by atoms with Crippen molar-refractivity contribution in [3.8, 4) is 0 Å². The third-order valence-electron chi connectivity index (χ3n) is 5.19. The highest BCUT2D eigenvalue weighted by Crippen LogP contribution is 2.27. The summed E-state index contributed by atoms with van der Waals surface area (Å²) in [6, 6.07) is -1.57. The van der Waals surface area contributed by atoms with Gasteiger partial charge in [-0.3, -0.25) is 0 Å². The minimum Gasteiger partial charge on any atom is -0.462 e. The van der Waals surface area contributed by atoms with Crippen LogP contribution in [0.15, 0.2) is 12.2 Å². The van der Waals surface area contributed by atoms with Gasteiger partial charge in [0.15, 0.2) is 0 Å². The molecule has 0 aliphatic heterocycles. The van der Waals surface area contributed by atoms with Gasteiger partial charge in [-0.25, -0.2) is 4.79 Å². The lowest BCUT2D eigenvalue weighted by molar-refractivity contribution is -0.139. The van der Waals surface area contributed by atoms with Crippen LogP contribution in [0.25, 0.3) is 0 Å². The molecule has 0 aromatic carbocycles. The fourth-order valence-electron chi connectivity index (χ4n) is 3.37. The maximum atomic E-state index is 11.2. The molecule has 2 nitrogen and oxygen atoms in total. The lowest BCUT2D eigenvalue weighted by Crippen LogP contribution is -2.07. The monoisotopic (exact) mass is 484 g/mol. The number of ether oxygens (including phenoxy) is 1. The van der Waals surface area contributed by atoms with Crippen molar-refractivity contribution in [1.82, 2.24) is 0 Å². The molecular weight excluding hydrogens is 443 g/mol. The number of hydrogen-bond acceptors (Lipinski definition) is 2. The molecule has 0 N–H and O–H groups in total. The highest BCUT2D eigenvalue weighted by atomic mass is 35.8. The highest BCUT2D eigenvalue weighted by Gasteiger charge is 2.23. The van der Waals surface area contributed by atoms with E-state index in [9.17, 15) is 4.79 Å². The van der Waals surface area contributed by atoms with Gasteiger partial charge in [0, 0.05) is 5.57 Å². The maximum Gasteiger partial charge on any atom is 0.341 e. The summed E-state index contributed by atoms with van der Waals surface area (Å²) in [7, 11) is 0. The quantitative estimate of drug-likeness (QED) is 0.0532. The zero-order valence-electron chi connectivity index (χ0n) is 18.6. The molecule has 6 heteroatoms. The summed E-state index contributed by atoms with van der Waals surface area (Å²) < 4.78 is 5.09. The van der Waals surface area contributed by atoms with E-state index in [4.69, 9.17) is 38.0 Å². The van der Waals surface area contributed by atoms with E-state index in [1.165, 1.54) is 89.9 Å². The second-order valence-electron chi connectivity index (χ2n) is 8.29. The minimum absolute atomic E-state index is 0.264. The number of rotatable bonds is 21. The van der Waals surface area contributed by atoms with Crippen molar-refractivity contribution < 1.29 is 9.53 Å². The van der Waals surface area contributed by atoms with Crippen LogP contribution in [0.3, 0.4) is 0 Å². The molecule has 0 spiro atoms. The number of hydrogen-bond donors (Lipinski definition) is 0. The summed E-state index contributed by atoms with van der Waals surface area (Å²) in [5.41, 5.74) is 0.483. The molecule has 0 aromatic rings. The predicted molar refractivity (Wildman–Crippen MR) is 132 cm³/mol. The first-order valence-corrected chi connectivity index (χ1v) is 17.0. The number of esters is 1. The molecule has 0 fully saturated rings. The van der Waals surface area contributed by atoms with Crippen LogP contribution in [0, 0.1) is 0 Å². The standard InChI is InChI=1S/C23H43Cl3O2Si/c1-22(2)23(27)28-20-18-16-14-12-10-8-6-4-3-5-7-9-11-13-15-17-19-21-29(24,25)26/h1,3-21H2,2H3. The van der Waals surface area contributed by atoms with Gasteiger partial charge in [0.1, 0.15) is 0 Å². The smallest absolute Gasteiger partial charge is 0.341 e. The van der Waals surface area contributed by atoms with Crippen molar-refractivity contribution in [3.63, 3.8) is 0 Å². The molecule has 29 heavy (non-hydrogen) atoms. The van der Waals surface area contributed by atoms with Crippen LogP contribution >= 0.6 is 33.2 Å². The van der Waals surface area contributed by atoms with E-state index in [1.807, 2.05) is 0 Å². The molecule has 0 bridgehead atoms. The second-order valence-corrected chi connectivity index (χ2v) is 17.6. The molecule has 0 amide bonds. The van der Waals surface area contributed by atoms with E-state index in [0.29, 0.717) is 12.2 Å². The Kier molecular flexibility index (Phi) is 20.4. The number of carbonyl (C=O) groups is 1. The summed E-state index contributed by atoms with van der Waals surface area (Å²) in [6.07, 6.45) is 21.9. The normalized spacial score (nSPS) is 11.6. The van der Waals surface area contributed by atoms with E-state index in [2.05, 4.69) is 6.58 Å². The van der Waals surface area contributed by atoms with Crippen LogP contribution in [0.4, 0.5) is 0 Å². The molecule has 0 rings (SSSR count). The van der Waals surface area contributed by atoms with Gasteiger partial charge in [-0.05, 0) is 19.4 Å². The van der Waals surface area contributed by atoms with Crippen molar-refractivity contribution in [2.45, 2.75) is 122 Å². The Bertz CT molecular complexity index is 411. The van der Waals surface area contributed by atoms with Crippen molar-refractivity contribution in [3.05, 3.63) is 12.2 Å². The van der Waals surface area contributed by atoms with Crippen molar-refractivity contribution in [2.75, 3.05) is 6.61 Å².